The SMILES string of the molecule is CCOc1cc([N+](=O)[O-])c(C)c(C)c1[N+](=O)[O-]. The second-order valence-corrected chi connectivity index (χ2v) is 3.44. The molecule has 0 saturated heterocycles. The van der Waals surface area contributed by atoms with E-state index in [-0.39, 0.29) is 34.9 Å². The molecule has 1 aromatic carbocycles. The first-order valence-electron chi connectivity index (χ1n) is 4.95. The van der Waals surface area contributed by atoms with E-state index in [4.69, 9.17) is 4.74 Å². The maximum atomic E-state index is 10.9. The highest BCUT2D eigenvalue weighted by molar-refractivity contribution is 5.63. The summed E-state index contributed by atoms with van der Waals surface area (Å²) in [6, 6.07) is 1.10. The van der Waals surface area contributed by atoms with Crippen molar-refractivity contribution in [3.05, 3.63) is 37.4 Å². The molecule has 92 valence electrons. The van der Waals surface area contributed by atoms with Gasteiger partial charge in [-0.25, -0.2) is 0 Å². The molecule has 0 aliphatic heterocycles. The summed E-state index contributed by atoms with van der Waals surface area (Å²) in [4.78, 5) is 20.5. The van der Waals surface area contributed by atoms with Crippen LogP contribution in [-0.4, -0.2) is 16.5 Å². The van der Waals surface area contributed by atoms with Gasteiger partial charge in [-0.05, 0) is 20.8 Å². The highest BCUT2D eigenvalue weighted by Gasteiger charge is 2.27. The Kier molecular flexibility index (Phi) is 3.62. The third-order valence-corrected chi connectivity index (χ3v) is 2.48. The van der Waals surface area contributed by atoms with E-state index < -0.39 is 9.85 Å². The molecule has 0 saturated carbocycles. The predicted octanol–water partition coefficient (Wildman–Crippen LogP) is 2.52. The van der Waals surface area contributed by atoms with Gasteiger partial charge in [-0.3, -0.25) is 20.2 Å². The van der Waals surface area contributed by atoms with Crippen LogP contribution < -0.4 is 4.74 Å². The molecule has 0 radical (unpaired) electrons. The van der Waals surface area contributed by atoms with E-state index in [1.165, 1.54) is 13.8 Å². The highest BCUT2D eigenvalue weighted by Crippen LogP contribution is 2.38. The molecule has 0 heterocycles. The summed E-state index contributed by atoms with van der Waals surface area (Å²) in [5.74, 6) is -0.0627. The summed E-state index contributed by atoms with van der Waals surface area (Å²) < 4.78 is 5.08. The smallest absolute Gasteiger partial charge is 0.314 e. The molecule has 1 aromatic rings. The number of benzene rings is 1. The van der Waals surface area contributed by atoms with Crippen LogP contribution >= 0.6 is 0 Å². The van der Waals surface area contributed by atoms with Crippen molar-refractivity contribution >= 4 is 11.4 Å². The van der Waals surface area contributed by atoms with Crippen LogP contribution in [-0.2, 0) is 0 Å². The van der Waals surface area contributed by atoms with E-state index in [2.05, 4.69) is 0 Å². The van der Waals surface area contributed by atoms with Crippen LogP contribution in [0.1, 0.15) is 18.1 Å². The number of rotatable bonds is 4. The molecule has 7 heteroatoms. The number of hydrogen-bond acceptors (Lipinski definition) is 5. The van der Waals surface area contributed by atoms with Gasteiger partial charge in [0, 0.05) is 11.1 Å². The van der Waals surface area contributed by atoms with Gasteiger partial charge < -0.3 is 4.74 Å². The van der Waals surface area contributed by atoms with Crippen LogP contribution in [0.4, 0.5) is 11.4 Å². The summed E-state index contributed by atoms with van der Waals surface area (Å²) >= 11 is 0. The summed E-state index contributed by atoms with van der Waals surface area (Å²) in [6.07, 6.45) is 0. The fourth-order valence-corrected chi connectivity index (χ4v) is 1.54. The van der Waals surface area contributed by atoms with Crippen molar-refractivity contribution in [3.63, 3.8) is 0 Å². The zero-order chi connectivity index (χ0) is 13.2. The normalized spacial score (nSPS) is 10.1. The average molecular weight is 240 g/mol. The van der Waals surface area contributed by atoms with Crippen LogP contribution in [0.5, 0.6) is 5.75 Å². The Morgan fingerprint density at radius 1 is 1.18 bits per heavy atom. The summed E-state index contributed by atoms with van der Waals surface area (Å²) in [6.45, 7) is 4.82. The van der Waals surface area contributed by atoms with Crippen molar-refractivity contribution in [1.82, 2.24) is 0 Å². The number of hydrogen-bond donors (Lipinski definition) is 0. The predicted molar refractivity (Wildman–Crippen MR) is 60.4 cm³/mol. The Hall–Kier alpha value is -2.18. The van der Waals surface area contributed by atoms with Gasteiger partial charge in [0.2, 0.25) is 5.75 Å². The molecular weight excluding hydrogens is 228 g/mol. The number of nitro benzene ring substituents is 2. The van der Waals surface area contributed by atoms with Crippen molar-refractivity contribution < 1.29 is 14.6 Å². The van der Waals surface area contributed by atoms with E-state index in [0.717, 1.165) is 6.07 Å². The van der Waals surface area contributed by atoms with Gasteiger partial charge in [-0.2, -0.15) is 0 Å². The second-order valence-electron chi connectivity index (χ2n) is 3.44. The molecule has 0 unspecified atom stereocenters. The second kappa shape index (κ2) is 4.77. The van der Waals surface area contributed by atoms with E-state index in [0.29, 0.717) is 0 Å². The van der Waals surface area contributed by atoms with Gasteiger partial charge >= 0.3 is 5.69 Å². The molecule has 17 heavy (non-hydrogen) atoms. The van der Waals surface area contributed by atoms with Gasteiger partial charge in [-0.1, -0.05) is 0 Å². The zero-order valence-corrected chi connectivity index (χ0v) is 9.72. The highest BCUT2D eigenvalue weighted by atomic mass is 16.6. The Morgan fingerprint density at radius 3 is 2.18 bits per heavy atom. The zero-order valence-electron chi connectivity index (χ0n) is 9.72. The van der Waals surface area contributed by atoms with Crippen molar-refractivity contribution in [1.29, 1.82) is 0 Å². The molecule has 0 amide bonds. The van der Waals surface area contributed by atoms with E-state index in [9.17, 15) is 20.2 Å². The van der Waals surface area contributed by atoms with Crippen molar-refractivity contribution in [3.8, 4) is 5.75 Å². The lowest BCUT2D eigenvalue weighted by Crippen LogP contribution is -2.03. The van der Waals surface area contributed by atoms with Crippen LogP contribution in [0.3, 0.4) is 0 Å². The van der Waals surface area contributed by atoms with Gasteiger partial charge in [0.25, 0.3) is 5.69 Å². The molecule has 7 nitrogen and oxygen atoms in total. The van der Waals surface area contributed by atoms with E-state index in [1.54, 1.807) is 6.92 Å². The minimum Gasteiger partial charge on any atom is -0.487 e. The van der Waals surface area contributed by atoms with Crippen molar-refractivity contribution in [2.24, 2.45) is 0 Å². The summed E-state index contributed by atoms with van der Waals surface area (Å²) in [5.41, 5.74) is 0.157. The number of ether oxygens (including phenoxy) is 1. The minimum atomic E-state index is -0.586. The summed E-state index contributed by atoms with van der Waals surface area (Å²) in [5, 5.41) is 21.7. The molecule has 0 N–H and O–H groups in total. The topological polar surface area (TPSA) is 95.5 Å². The molecule has 1 rings (SSSR count). The van der Waals surface area contributed by atoms with Gasteiger partial charge in [0.1, 0.15) is 0 Å². The number of nitro groups is 2. The molecule has 0 spiro atoms. The largest absolute Gasteiger partial charge is 0.487 e. The third kappa shape index (κ3) is 2.32. The van der Waals surface area contributed by atoms with Crippen molar-refractivity contribution in [2.45, 2.75) is 20.8 Å². The maximum Gasteiger partial charge on any atom is 0.314 e. The number of nitrogens with zero attached hydrogens (tertiary/aromatic N) is 2. The lowest BCUT2D eigenvalue weighted by molar-refractivity contribution is -0.390. The fourth-order valence-electron chi connectivity index (χ4n) is 1.54. The summed E-state index contributed by atoms with van der Waals surface area (Å²) in [7, 11) is 0. The molecule has 0 aromatic heterocycles. The average Bonchev–Trinajstić information content (AvgIpc) is 2.22. The molecule has 0 fully saturated rings. The first kappa shape index (κ1) is 12.9. The third-order valence-electron chi connectivity index (χ3n) is 2.48. The van der Waals surface area contributed by atoms with Gasteiger partial charge in [0.15, 0.2) is 0 Å². The first-order valence-corrected chi connectivity index (χ1v) is 4.95. The van der Waals surface area contributed by atoms with Crippen LogP contribution in [0.15, 0.2) is 6.07 Å². The van der Waals surface area contributed by atoms with E-state index in [1.807, 2.05) is 0 Å². The molecule has 0 bridgehead atoms. The van der Waals surface area contributed by atoms with Crippen LogP contribution in [0, 0.1) is 34.1 Å². The standard InChI is InChI=1S/C10H12N2O5/c1-4-17-9-5-8(11(13)14)6(2)7(3)10(9)12(15)16/h5H,4H2,1-3H3. The lowest BCUT2D eigenvalue weighted by atomic mass is 10.1. The molecule has 0 aliphatic carbocycles. The maximum absolute atomic E-state index is 10.9. The molecule has 0 atom stereocenters. The van der Waals surface area contributed by atoms with Gasteiger partial charge in [0.05, 0.1) is 22.5 Å². The Labute approximate surface area is 97.3 Å². The van der Waals surface area contributed by atoms with Crippen LogP contribution in [0.2, 0.25) is 0 Å². The van der Waals surface area contributed by atoms with E-state index >= 15 is 0 Å². The van der Waals surface area contributed by atoms with Crippen LogP contribution in [0.25, 0.3) is 0 Å². The fraction of sp³-hybridized carbons (Fsp3) is 0.400. The Morgan fingerprint density at radius 2 is 1.76 bits per heavy atom. The Balaban J connectivity index is 3.56. The quantitative estimate of drug-likeness (QED) is 0.595. The molecular formula is C10H12N2O5. The molecule has 0 aliphatic rings. The van der Waals surface area contributed by atoms with Gasteiger partial charge in [-0.15, -0.1) is 0 Å². The van der Waals surface area contributed by atoms with Crippen molar-refractivity contribution in [2.75, 3.05) is 6.61 Å². The monoisotopic (exact) mass is 240 g/mol. The minimum absolute atomic E-state index is 0.0627. The lowest BCUT2D eigenvalue weighted by Gasteiger charge is -2.08. The Bertz CT molecular complexity index is 484. The first-order chi connectivity index (χ1) is 7.90.